The van der Waals surface area contributed by atoms with Crippen LogP contribution >= 0.6 is 0 Å². The van der Waals surface area contributed by atoms with E-state index in [9.17, 15) is 0 Å². The van der Waals surface area contributed by atoms with Crippen molar-refractivity contribution in [2.45, 2.75) is 59.7 Å². The normalized spacial score (nSPS) is 15.0. The molecule has 0 aliphatic carbocycles. The summed E-state index contributed by atoms with van der Waals surface area (Å²) in [5, 5.41) is 7.83. The number of nitrogens with one attached hydrogen (secondary N) is 1. The summed E-state index contributed by atoms with van der Waals surface area (Å²) in [6.07, 6.45) is 4.38. The Bertz CT molecular complexity index is 293. The van der Waals surface area contributed by atoms with Gasteiger partial charge in [0, 0.05) is 25.3 Å². The lowest BCUT2D eigenvalue weighted by Gasteiger charge is -2.17. The molecular formula is C13H25N3. The highest BCUT2D eigenvalue weighted by Gasteiger charge is 2.07. The van der Waals surface area contributed by atoms with Crippen molar-refractivity contribution >= 4 is 0 Å². The van der Waals surface area contributed by atoms with Crippen molar-refractivity contribution in [2.24, 2.45) is 5.92 Å². The average Bonchev–Trinajstić information content (AvgIpc) is 2.73. The van der Waals surface area contributed by atoms with E-state index >= 15 is 0 Å². The predicted molar refractivity (Wildman–Crippen MR) is 68.3 cm³/mol. The van der Waals surface area contributed by atoms with Gasteiger partial charge in [-0.15, -0.1) is 0 Å². The van der Waals surface area contributed by atoms with Crippen LogP contribution in [0.2, 0.25) is 0 Å². The largest absolute Gasteiger partial charge is 0.309 e. The quantitative estimate of drug-likeness (QED) is 0.770. The monoisotopic (exact) mass is 223 g/mol. The number of rotatable bonds is 7. The molecule has 0 aliphatic rings. The van der Waals surface area contributed by atoms with Crippen LogP contribution in [0.5, 0.6) is 0 Å². The van der Waals surface area contributed by atoms with E-state index in [1.807, 2.05) is 10.9 Å². The van der Waals surface area contributed by atoms with E-state index in [0.29, 0.717) is 6.04 Å². The van der Waals surface area contributed by atoms with Crippen molar-refractivity contribution in [3.05, 3.63) is 18.0 Å². The van der Waals surface area contributed by atoms with Crippen molar-refractivity contribution < 1.29 is 0 Å². The minimum atomic E-state index is 0.579. The first-order valence-electron chi connectivity index (χ1n) is 6.41. The first kappa shape index (κ1) is 13.2. The van der Waals surface area contributed by atoms with E-state index in [4.69, 9.17) is 0 Å². The maximum atomic E-state index is 4.27. The summed E-state index contributed by atoms with van der Waals surface area (Å²) in [5.41, 5.74) is 1.28. The Labute approximate surface area is 99.2 Å². The van der Waals surface area contributed by atoms with E-state index in [2.05, 4.69) is 44.2 Å². The van der Waals surface area contributed by atoms with Crippen LogP contribution in [0.25, 0.3) is 0 Å². The van der Waals surface area contributed by atoms with Gasteiger partial charge in [0.15, 0.2) is 0 Å². The van der Waals surface area contributed by atoms with Crippen LogP contribution in [0.1, 0.15) is 46.2 Å². The minimum Gasteiger partial charge on any atom is -0.309 e. The van der Waals surface area contributed by atoms with Gasteiger partial charge in [-0.1, -0.05) is 20.3 Å². The second-order valence-electron chi connectivity index (χ2n) is 4.67. The van der Waals surface area contributed by atoms with Gasteiger partial charge in [-0.05, 0) is 32.3 Å². The van der Waals surface area contributed by atoms with Gasteiger partial charge in [-0.3, -0.25) is 4.68 Å². The van der Waals surface area contributed by atoms with Gasteiger partial charge in [-0.25, -0.2) is 0 Å². The second-order valence-corrected chi connectivity index (χ2v) is 4.67. The highest BCUT2D eigenvalue weighted by atomic mass is 15.3. The molecule has 1 heterocycles. The summed E-state index contributed by atoms with van der Waals surface area (Å²) in [5.74, 6) is 0.804. The van der Waals surface area contributed by atoms with Crippen LogP contribution in [-0.2, 0) is 13.1 Å². The molecule has 0 aliphatic heterocycles. The molecule has 1 aromatic heterocycles. The molecule has 0 radical (unpaired) electrons. The maximum Gasteiger partial charge on any atom is 0.0522 e. The van der Waals surface area contributed by atoms with Crippen LogP contribution in [0.15, 0.2) is 12.3 Å². The van der Waals surface area contributed by atoms with E-state index < -0.39 is 0 Å². The molecule has 0 aromatic carbocycles. The Hall–Kier alpha value is -0.830. The summed E-state index contributed by atoms with van der Waals surface area (Å²) in [6.45, 7) is 10.8. The van der Waals surface area contributed by atoms with Crippen LogP contribution < -0.4 is 5.32 Å². The van der Waals surface area contributed by atoms with Gasteiger partial charge < -0.3 is 5.32 Å². The lowest BCUT2D eigenvalue weighted by Crippen LogP contribution is -2.28. The Kier molecular flexibility index (Phi) is 5.53. The molecule has 1 aromatic rings. The third-order valence-corrected chi connectivity index (χ3v) is 3.19. The standard InChI is InChI=1S/C13H25N3/c1-5-11(3)9-12(4)14-10-13-7-8-15-16(13)6-2/h7-8,11-12,14H,5-6,9-10H2,1-4H3. The van der Waals surface area contributed by atoms with Crippen molar-refractivity contribution in [1.29, 1.82) is 0 Å². The van der Waals surface area contributed by atoms with E-state index in [-0.39, 0.29) is 0 Å². The fourth-order valence-electron chi connectivity index (χ4n) is 1.93. The van der Waals surface area contributed by atoms with Crippen molar-refractivity contribution in [3.8, 4) is 0 Å². The molecule has 16 heavy (non-hydrogen) atoms. The molecule has 0 bridgehead atoms. The Morgan fingerprint density at radius 2 is 2.12 bits per heavy atom. The fraction of sp³-hybridized carbons (Fsp3) is 0.769. The molecule has 2 atom stereocenters. The molecule has 92 valence electrons. The first-order valence-corrected chi connectivity index (χ1v) is 6.41. The third kappa shape index (κ3) is 3.97. The smallest absolute Gasteiger partial charge is 0.0522 e. The SMILES string of the molecule is CCC(C)CC(C)NCc1ccnn1CC. The lowest BCUT2D eigenvalue weighted by molar-refractivity contribution is 0.406. The van der Waals surface area contributed by atoms with Crippen molar-refractivity contribution in [1.82, 2.24) is 15.1 Å². The Morgan fingerprint density at radius 3 is 2.75 bits per heavy atom. The second kappa shape index (κ2) is 6.69. The topological polar surface area (TPSA) is 29.9 Å². The molecule has 0 fully saturated rings. The summed E-state index contributed by atoms with van der Waals surface area (Å²) >= 11 is 0. The molecule has 3 nitrogen and oxygen atoms in total. The molecule has 1 rings (SSSR count). The van der Waals surface area contributed by atoms with E-state index in [0.717, 1.165) is 19.0 Å². The van der Waals surface area contributed by atoms with Gasteiger partial charge >= 0.3 is 0 Å². The predicted octanol–water partition coefficient (Wildman–Crippen LogP) is 2.82. The number of hydrogen-bond donors (Lipinski definition) is 1. The van der Waals surface area contributed by atoms with Gasteiger partial charge in [0.2, 0.25) is 0 Å². The zero-order valence-corrected chi connectivity index (χ0v) is 11.0. The molecule has 0 saturated heterocycles. The highest BCUT2D eigenvalue weighted by molar-refractivity contribution is 5.00. The van der Waals surface area contributed by atoms with Crippen LogP contribution in [0.4, 0.5) is 0 Å². The van der Waals surface area contributed by atoms with Crippen LogP contribution in [0.3, 0.4) is 0 Å². The summed E-state index contributed by atoms with van der Waals surface area (Å²) in [4.78, 5) is 0. The molecule has 0 saturated carbocycles. The molecule has 0 amide bonds. The van der Waals surface area contributed by atoms with Crippen LogP contribution in [0, 0.1) is 5.92 Å². The van der Waals surface area contributed by atoms with Gasteiger partial charge in [0.25, 0.3) is 0 Å². The molecule has 1 N–H and O–H groups in total. The summed E-state index contributed by atoms with van der Waals surface area (Å²) in [6, 6.07) is 2.67. The number of hydrogen-bond acceptors (Lipinski definition) is 2. The maximum absolute atomic E-state index is 4.27. The fourth-order valence-corrected chi connectivity index (χ4v) is 1.93. The van der Waals surface area contributed by atoms with Crippen LogP contribution in [-0.4, -0.2) is 15.8 Å². The zero-order valence-electron chi connectivity index (χ0n) is 11.0. The third-order valence-electron chi connectivity index (χ3n) is 3.19. The molecule has 3 heteroatoms. The highest BCUT2D eigenvalue weighted by Crippen LogP contribution is 2.10. The van der Waals surface area contributed by atoms with Crippen molar-refractivity contribution in [2.75, 3.05) is 0 Å². The van der Waals surface area contributed by atoms with E-state index in [1.165, 1.54) is 18.5 Å². The Morgan fingerprint density at radius 1 is 1.38 bits per heavy atom. The minimum absolute atomic E-state index is 0.579. The average molecular weight is 223 g/mol. The zero-order chi connectivity index (χ0) is 12.0. The number of aryl methyl sites for hydroxylation is 1. The molecular weight excluding hydrogens is 198 g/mol. The van der Waals surface area contributed by atoms with Crippen molar-refractivity contribution in [3.63, 3.8) is 0 Å². The first-order chi connectivity index (χ1) is 7.67. The van der Waals surface area contributed by atoms with Gasteiger partial charge in [0.05, 0.1) is 5.69 Å². The number of nitrogens with zero attached hydrogens (tertiary/aromatic N) is 2. The van der Waals surface area contributed by atoms with Gasteiger partial charge in [0.1, 0.15) is 0 Å². The summed E-state index contributed by atoms with van der Waals surface area (Å²) < 4.78 is 2.04. The van der Waals surface area contributed by atoms with E-state index in [1.54, 1.807) is 0 Å². The molecule has 0 spiro atoms. The lowest BCUT2D eigenvalue weighted by atomic mass is 10.0. The van der Waals surface area contributed by atoms with Gasteiger partial charge in [-0.2, -0.15) is 5.10 Å². The Balaban J connectivity index is 2.34. The molecule has 2 unspecified atom stereocenters. The number of aromatic nitrogens is 2. The summed E-state index contributed by atoms with van der Waals surface area (Å²) in [7, 11) is 0.